The number of carbonyl (C=O) groups is 1. The van der Waals surface area contributed by atoms with Crippen molar-refractivity contribution >= 4 is 28.3 Å². The molecular formula is C20H17N3O3. The molecule has 2 aromatic heterocycles. The van der Waals surface area contributed by atoms with Crippen molar-refractivity contribution in [1.82, 2.24) is 9.38 Å². The molecule has 0 aliphatic carbocycles. The molecule has 0 saturated heterocycles. The number of hydrogen-bond donors (Lipinski definition) is 2. The SMILES string of the molecule is COc1ccc(CNc2nc3ccc(C(=O)O)cc3n3cccc23)cc1. The monoisotopic (exact) mass is 347 g/mol. The molecule has 4 aromatic rings. The van der Waals surface area contributed by atoms with Crippen molar-refractivity contribution in [3.05, 3.63) is 71.9 Å². The topological polar surface area (TPSA) is 75.9 Å². The van der Waals surface area contributed by atoms with Crippen LogP contribution in [0.5, 0.6) is 5.75 Å². The average molecular weight is 347 g/mol. The second-order valence-electron chi connectivity index (χ2n) is 5.93. The summed E-state index contributed by atoms with van der Waals surface area (Å²) in [5.74, 6) is 0.621. The summed E-state index contributed by atoms with van der Waals surface area (Å²) in [7, 11) is 1.64. The van der Waals surface area contributed by atoms with E-state index in [1.807, 2.05) is 47.0 Å². The van der Waals surface area contributed by atoms with Gasteiger partial charge in [0.2, 0.25) is 0 Å². The Bertz CT molecular complexity index is 1100. The lowest BCUT2D eigenvalue weighted by molar-refractivity contribution is 0.0697. The molecule has 130 valence electrons. The van der Waals surface area contributed by atoms with Crippen molar-refractivity contribution in [2.24, 2.45) is 0 Å². The standard InChI is InChI=1S/C20H17N3O3/c1-26-15-7-4-13(5-8-15)12-21-19-17-3-2-10-23(17)18-11-14(20(24)25)6-9-16(18)22-19/h2-11H,12H2,1H3,(H,21,22)(H,24,25). The van der Waals surface area contributed by atoms with Gasteiger partial charge in [-0.3, -0.25) is 0 Å². The van der Waals surface area contributed by atoms with Gasteiger partial charge in [-0.15, -0.1) is 0 Å². The minimum absolute atomic E-state index is 0.244. The first kappa shape index (κ1) is 16.0. The van der Waals surface area contributed by atoms with E-state index in [1.54, 1.807) is 25.3 Å². The van der Waals surface area contributed by atoms with Crippen LogP contribution in [-0.2, 0) is 6.54 Å². The van der Waals surface area contributed by atoms with Crippen LogP contribution in [0.4, 0.5) is 5.82 Å². The lowest BCUT2D eigenvalue weighted by atomic mass is 10.2. The Hall–Kier alpha value is -3.54. The lowest BCUT2D eigenvalue weighted by Gasteiger charge is -2.11. The fraction of sp³-hybridized carbons (Fsp3) is 0.100. The Labute approximate surface area is 149 Å². The predicted octanol–water partition coefficient (Wildman–Crippen LogP) is 3.81. The first-order chi connectivity index (χ1) is 12.7. The van der Waals surface area contributed by atoms with Crippen LogP contribution in [0.2, 0.25) is 0 Å². The van der Waals surface area contributed by atoms with Gasteiger partial charge in [-0.1, -0.05) is 12.1 Å². The third-order valence-corrected chi connectivity index (χ3v) is 4.32. The van der Waals surface area contributed by atoms with E-state index in [0.717, 1.165) is 33.7 Å². The van der Waals surface area contributed by atoms with E-state index in [0.29, 0.717) is 6.54 Å². The van der Waals surface area contributed by atoms with E-state index < -0.39 is 5.97 Å². The number of hydrogen-bond acceptors (Lipinski definition) is 4. The molecule has 2 N–H and O–H groups in total. The number of benzene rings is 2. The van der Waals surface area contributed by atoms with Crippen molar-refractivity contribution in [2.45, 2.75) is 6.54 Å². The minimum Gasteiger partial charge on any atom is -0.497 e. The molecule has 6 nitrogen and oxygen atoms in total. The Balaban J connectivity index is 1.71. The summed E-state index contributed by atoms with van der Waals surface area (Å²) in [5, 5.41) is 12.6. The van der Waals surface area contributed by atoms with E-state index in [-0.39, 0.29) is 5.56 Å². The quantitative estimate of drug-likeness (QED) is 0.574. The molecule has 0 amide bonds. The van der Waals surface area contributed by atoms with Gasteiger partial charge in [-0.25, -0.2) is 9.78 Å². The lowest BCUT2D eigenvalue weighted by Crippen LogP contribution is -2.05. The largest absolute Gasteiger partial charge is 0.497 e. The van der Waals surface area contributed by atoms with Crippen molar-refractivity contribution in [3.8, 4) is 5.75 Å². The summed E-state index contributed by atoms with van der Waals surface area (Å²) in [6, 6.07) is 16.7. The number of aromatic carboxylic acids is 1. The Morgan fingerprint density at radius 1 is 1.15 bits per heavy atom. The highest BCUT2D eigenvalue weighted by molar-refractivity contribution is 5.94. The Morgan fingerprint density at radius 3 is 2.69 bits per heavy atom. The smallest absolute Gasteiger partial charge is 0.335 e. The molecule has 0 atom stereocenters. The number of nitrogens with zero attached hydrogens (tertiary/aromatic N) is 2. The van der Waals surface area contributed by atoms with Gasteiger partial charge in [0.05, 0.1) is 29.2 Å². The number of fused-ring (bicyclic) bond motifs is 3. The van der Waals surface area contributed by atoms with Crippen molar-refractivity contribution in [1.29, 1.82) is 0 Å². The molecule has 0 saturated carbocycles. The number of carboxylic acid groups (broad SMARTS) is 1. The third-order valence-electron chi connectivity index (χ3n) is 4.32. The molecular weight excluding hydrogens is 330 g/mol. The molecule has 0 unspecified atom stereocenters. The number of rotatable bonds is 5. The maximum atomic E-state index is 11.2. The molecule has 0 bridgehead atoms. The molecule has 2 heterocycles. The van der Waals surface area contributed by atoms with Crippen LogP contribution in [0, 0.1) is 0 Å². The number of anilines is 1. The molecule has 0 spiro atoms. The first-order valence-corrected chi connectivity index (χ1v) is 8.16. The van der Waals surface area contributed by atoms with E-state index in [4.69, 9.17) is 4.74 Å². The third kappa shape index (κ3) is 2.82. The highest BCUT2D eigenvalue weighted by Crippen LogP contribution is 2.24. The highest BCUT2D eigenvalue weighted by atomic mass is 16.5. The van der Waals surface area contributed by atoms with Crippen LogP contribution in [0.3, 0.4) is 0 Å². The van der Waals surface area contributed by atoms with Crippen LogP contribution < -0.4 is 10.1 Å². The van der Waals surface area contributed by atoms with Gasteiger partial charge in [-0.05, 0) is 48.0 Å². The van der Waals surface area contributed by atoms with Crippen molar-refractivity contribution in [2.75, 3.05) is 12.4 Å². The molecule has 0 aliphatic rings. The summed E-state index contributed by atoms with van der Waals surface area (Å²) in [6.45, 7) is 0.622. The second-order valence-corrected chi connectivity index (χ2v) is 5.93. The molecule has 0 radical (unpaired) electrons. The summed E-state index contributed by atoms with van der Waals surface area (Å²) >= 11 is 0. The maximum Gasteiger partial charge on any atom is 0.335 e. The minimum atomic E-state index is -0.950. The summed E-state index contributed by atoms with van der Waals surface area (Å²) in [4.78, 5) is 15.9. The van der Waals surface area contributed by atoms with Gasteiger partial charge in [0.25, 0.3) is 0 Å². The molecule has 2 aromatic carbocycles. The van der Waals surface area contributed by atoms with Crippen molar-refractivity contribution in [3.63, 3.8) is 0 Å². The fourth-order valence-corrected chi connectivity index (χ4v) is 2.96. The number of methoxy groups -OCH3 is 1. The zero-order chi connectivity index (χ0) is 18.1. The van der Waals surface area contributed by atoms with Crippen molar-refractivity contribution < 1.29 is 14.6 Å². The number of aromatic nitrogens is 2. The summed E-state index contributed by atoms with van der Waals surface area (Å²) < 4.78 is 7.13. The Morgan fingerprint density at radius 2 is 1.96 bits per heavy atom. The highest BCUT2D eigenvalue weighted by Gasteiger charge is 2.11. The predicted molar refractivity (Wildman–Crippen MR) is 100.0 cm³/mol. The van der Waals surface area contributed by atoms with Gasteiger partial charge in [0.1, 0.15) is 5.75 Å². The first-order valence-electron chi connectivity index (χ1n) is 8.16. The van der Waals surface area contributed by atoms with E-state index >= 15 is 0 Å². The van der Waals surface area contributed by atoms with E-state index in [9.17, 15) is 9.90 Å². The van der Waals surface area contributed by atoms with Gasteiger partial charge in [0, 0.05) is 12.7 Å². The molecule has 0 aliphatic heterocycles. The second kappa shape index (κ2) is 6.40. The van der Waals surface area contributed by atoms with Crippen LogP contribution in [0.15, 0.2) is 60.8 Å². The maximum absolute atomic E-state index is 11.2. The van der Waals surface area contributed by atoms with Crippen LogP contribution in [0.1, 0.15) is 15.9 Å². The van der Waals surface area contributed by atoms with Crippen LogP contribution >= 0.6 is 0 Å². The molecule has 26 heavy (non-hydrogen) atoms. The molecule has 6 heteroatoms. The zero-order valence-corrected chi connectivity index (χ0v) is 14.1. The fourth-order valence-electron chi connectivity index (χ4n) is 2.96. The molecule has 0 fully saturated rings. The Kier molecular flexibility index (Phi) is 3.93. The average Bonchev–Trinajstić information content (AvgIpc) is 3.16. The summed E-state index contributed by atoms with van der Waals surface area (Å²) in [5.41, 5.74) is 3.75. The normalized spacial score (nSPS) is 11.0. The summed E-state index contributed by atoms with van der Waals surface area (Å²) in [6.07, 6.45) is 1.91. The van der Waals surface area contributed by atoms with Gasteiger partial charge in [-0.2, -0.15) is 0 Å². The number of ether oxygens (including phenoxy) is 1. The van der Waals surface area contributed by atoms with Gasteiger partial charge >= 0.3 is 5.97 Å². The van der Waals surface area contributed by atoms with Crippen LogP contribution in [0.25, 0.3) is 16.6 Å². The zero-order valence-electron chi connectivity index (χ0n) is 14.1. The number of nitrogens with one attached hydrogen (secondary N) is 1. The van der Waals surface area contributed by atoms with Gasteiger partial charge < -0.3 is 19.6 Å². The van der Waals surface area contributed by atoms with Gasteiger partial charge in [0.15, 0.2) is 5.82 Å². The molecule has 4 rings (SSSR count). The number of carboxylic acids is 1. The van der Waals surface area contributed by atoms with E-state index in [1.165, 1.54) is 0 Å². The van der Waals surface area contributed by atoms with Crippen LogP contribution in [-0.4, -0.2) is 27.6 Å². The van der Waals surface area contributed by atoms with E-state index in [2.05, 4.69) is 10.3 Å².